The van der Waals surface area contributed by atoms with E-state index < -0.39 is 23.8 Å². The molecule has 2 amide bonds. The van der Waals surface area contributed by atoms with E-state index in [1.807, 2.05) is 66.4 Å². The van der Waals surface area contributed by atoms with Gasteiger partial charge in [-0.25, -0.2) is 4.79 Å². The van der Waals surface area contributed by atoms with E-state index in [4.69, 9.17) is 9.73 Å². The molecular formula is C33H35F3N3O2P. The third kappa shape index (κ3) is 6.24. The van der Waals surface area contributed by atoms with Crippen LogP contribution in [0, 0.1) is 0 Å². The number of alkyl halides is 3. The van der Waals surface area contributed by atoms with Crippen molar-refractivity contribution in [3.8, 4) is 5.75 Å². The Morgan fingerprint density at radius 3 is 2.33 bits per heavy atom. The maximum atomic E-state index is 14.4. The van der Waals surface area contributed by atoms with Crippen molar-refractivity contribution in [1.29, 1.82) is 0 Å². The number of carbonyl (C=O) groups is 1. The maximum Gasteiger partial charge on any atom is 0.416 e. The molecule has 0 aromatic heterocycles. The highest BCUT2D eigenvalue weighted by Gasteiger charge is 2.43. The standard InChI is InChI=1S/C33H35F3N3O2P/c1-3-8-28-30(24-11-14-26(42)15-12-24)37-31(27-16-13-25(33(34,35)36)21-29(27)41-4-2)39(28)32(40)38-19-17-23(18-20-38)22-9-6-5-7-10-22/h3,5-16,21,23,28,30H,4,17-20,42H2,1-2H3/b8-3+. The summed E-state index contributed by atoms with van der Waals surface area (Å²) in [6, 6.07) is 20.5. The van der Waals surface area contributed by atoms with E-state index in [1.165, 1.54) is 11.6 Å². The van der Waals surface area contributed by atoms with Crippen LogP contribution >= 0.6 is 9.24 Å². The number of ether oxygens (including phenoxy) is 1. The fraction of sp³-hybridized carbons (Fsp3) is 0.333. The van der Waals surface area contributed by atoms with Crippen LogP contribution in [0.3, 0.4) is 0 Å². The molecule has 3 unspecified atom stereocenters. The fourth-order valence-corrected chi connectivity index (χ4v) is 5.96. The monoisotopic (exact) mass is 593 g/mol. The van der Waals surface area contributed by atoms with Gasteiger partial charge in [-0.15, -0.1) is 9.24 Å². The minimum absolute atomic E-state index is 0.0480. The van der Waals surface area contributed by atoms with Gasteiger partial charge in [-0.2, -0.15) is 13.2 Å². The summed E-state index contributed by atoms with van der Waals surface area (Å²) in [6.45, 7) is 4.92. The number of likely N-dealkylation sites (tertiary alicyclic amines) is 1. The Labute approximate surface area is 247 Å². The fourth-order valence-electron chi connectivity index (χ4n) is 5.76. The summed E-state index contributed by atoms with van der Waals surface area (Å²) in [4.78, 5) is 22.9. The van der Waals surface area contributed by atoms with Gasteiger partial charge in [0.15, 0.2) is 0 Å². The van der Waals surface area contributed by atoms with Crippen LogP contribution in [0.4, 0.5) is 18.0 Å². The minimum Gasteiger partial charge on any atom is -0.493 e. The van der Waals surface area contributed by atoms with Crippen molar-refractivity contribution in [2.75, 3.05) is 19.7 Å². The van der Waals surface area contributed by atoms with Crippen molar-refractivity contribution in [1.82, 2.24) is 9.80 Å². The van der Waals surface area contributed by atoms with Crippen LogP contribution in [-0.4, -0.2) is 47.4 Å². The average Bonchev–Trinajstić information content (AvgIpc) is 3.36. The van der Waals surface area contributed by atoms with E-state index in [2.05, 4.69) is 21.4 Å². The Hall–Kier alpha value is -3.64. The molecule has 1 fully saturated rings. The molecule has 0 radical (unpaired) electrons. The molecule has 5 nitrogen and oxygen atoms in total. The molecule has 2 aliphatic heterocycles. The smallest absolute Gasteiger partial charge is 0.416 e. The Morgan fingerprint density at radius 2 is 1.71 bits per heavy atom. The predicted molar refractivity (Wildman–Crippen MR) is 164 cm³/mol. The predicted octanol–water partition coefficient (Wildman–Crippen LogP) is 7.35. The number of rotatable bonds is 6. The van der Waals surface area contributed by atoms with Crippen molar-refractivity contribution < 1.29 is 22.7 Å². The molecule has 3 aromatic carbocycles. The molecule has 0 saturated carbocycles. The quantitative estimate of drug-likeness (QED) is 0.222. The first-order valence-corrected chi connectivity index (χ1v) is 14.8. The number of piperidine rings is 1. The highest BCUT2D eigenvalue weighted by atomic mass is 31.0. The SMILES string of the molecule is C/C=C/C1C(c2ccc(P)cc2)N=C(c2ccc(C(F)(F)F)cc2OCC)N1C(=O)N1CCC(c2ccccc2)CC1. The second-order valence-corrected chi connectivity index (χ2v) is 11.2. The van der Waals surface area contributed by atoms with Crippen molar-refractivity contribution in [2.24, 2.45) is 4.99 Å². The van der Waals surface area contributed by atoms with E-state index in [0.717, 1.165) is 35.8 Å². The lowest BCUT2D eigenvalue weighted by molar-refractivity contribution is -0.137. The Kier molecular flexibility index (Phi) is 9.02. The van der Waals surface area contributed by atoms with Gasteiger partial charge in [0.1, 0.15) is 17.6 Å². The van der Waals surface area contributed by atoms with Gasteiger partial charge in [-0.05, 0) is 67.2 Å². The number of amidine groups is 1. The Balaban J connectivity index is 1.54. The summed E-state index contributed by atoms with van der Waals surface area (Å²) in [6.07, 6.45) is 0.950. The molecule has 3 aromatic rings. The average molecular weight is 594 g/mol. The van der Waals surface area contributed by atoms with Crippen LogP contribution in [-0.2, 0) is 6.18 Å². The molecule has 220 valence electrons. The zero-order chi connectivity index (χ0) is 29.9. The summed E-state index contributed by atoms with van der Waals surface area (Å²) in [5.41, 5.74) is 1.72. The van der Waals surface area contributed by atoms with Crippen molar-refractivity contribution in [3.63, 3.8) is 0 Å². The normalized spacial score (nSPS) is 19.8. The van der Waals surface area contributed by atoms with Gasteiger partial charge in [-0.1, -0.05) is 66.7 Å². The van der Waals surface area contributed by atoms with Gasteiger partial charge < -0.3 is 9.64 Å². The van der Waals surface area contributed by atoms with Crippen LogP contribution in [0.15, 0.2) is 89.9 Å². The number of hydrogen-bond donors (Lipinski definition) is 0. The van der Waals surface area contributed by atoms with Gasteiger partial charge in [0.05, 0.1) is 23.8 Å². The minimum atomic E-state index is -4.53. The number of nitrogens with zero attached hydrogens (tertiary/aromatic N) is 3. The van der Waals surface area contributed by atoms with Crippen LogP contribution in [0.2, 0.25) is 0 Å². The molecule has 9 heteroatoms. The summed E-state index contributed by atoms with van der Waals surface area (Å²) in [5, 5.41) is 1.01. The van der Waals surface area contributed by atoms with Gasteiger partial charge in [0.2, 0.25) is 0 Å². The Bertz CT molecular complexity index is 1450. The number of amides is 2. The molecule has 0 N–H and O–H groups in total. The number of aliphatic imine (C=N–C) groups is 1. The summed E-state index contributed by atoms with van der Waals surface area (Å²) in [7, 11) is 2.66. The van der Waals surface area contributed by atoms with Crippen LogP contribution in [0.5, 0.6) is 5.75 Å². The van der Waals surface area contributed by atoms with E-state index in [0.29, 0.717) is 30.4 Å². The number of allylic oxidation sites excluding steroid dienone is 1. The number of benzene rings is 3. The number of hydrogen-bond acceptors (Lipinski definition) is 3. The summed E-state index contributed by atoms with van der Waals surface area (Å²) >= 11 is 0. The Morgan fingerprint density at radius 1 is 1.02 bits per heavy atom. The molecule has 1 saturated heterocycles. The van der Waals surface area contributed by atoms with Crippen LogP contribution in [0.1, 0.15) is 60.9 Å². The molecule has 2 heterocycles. The van der Waals surface area contributed by atoms with E-state index in [-0.39, 0.29) is 18.4 Å². The molecule has 2 aliphatic rings. The lowest BCUT2D eigenvalue weighted by Crippen LogP contribution is -2.51. The third-order valence-electron chi connectivity index (χ3n) is 7.87. The molecule has 0 aliphatic carbocycles. The lowest BCUT2D eigenvalue weighted by atomic mass is 9.89. The maximum absolute atomic E-state index is 14.4. The molecule has 42 heavy (non-hydrogen) atoms. The first-order valence-electron chi connectivity index (χ1n) is 14.2. The van der Waals surface area contributed by atoms with Gasteiger partial charge in [0.25, 0.3) is 0 Å². The zero-order valence-electron chi connectivity index (χ0n) is 23.7. The summed E-state index contributed by atoms with van der Waals surface area (Å²) in [5.74, 6) is 0.725. The van der Waals surface area contributed by atoms with Gasteiger partial charge >= 0.3 is 12.2 Å². The van der Waals surface area contributed by atoms with E-state index in [1.54, 1.807) is 11.8 Å². The number of carbonyl (C=O) groups excluding carboxylic acids is 1. The lowest BCUT2D eigenvalue weighted by Gasteiger charge is -2.37. The molecule has 5 rings (SSSR count). The van der Waals surface area contributed by atoms with Gasteiger partial charge in [0, 0.05) is 13.1 Å². The highest BCUT2D eigenvalue weighted by molar-refractivity contribution is 7.27. The number of urea groups is 1. The molecule has 3 atom stereocenters. The van der Waals surface area contributed by atoms with Gasteiger partial charge in [-0.3, -0.25) is 9.89 Å². The first kappa shape index (κ1) is 29.8. The zero-order valence-corrected chi connectivity index (χ0v) is 24.9. The van der Waals surface area contributed by atoms with Crippen molar-refractivity contribution >= 4 is 26.4 Å². The molecule has 0 spiro atoms. The van der Waals surface area contributed by atoms with Crippen LogP contribution in [0.25, 0.3) is 0 Å². The highest BCUT2D eigenvalue weighted by Crippen LogP contribution is 2.40. The molecule has 0 bridgehead atoms. The topological polar surface area (TPSA) is 45.1 Å². The largest absolute Gasteiger partial charge is 0.493 e. The van der Waals surface area contributed by atoms with E-state index in [9.17, 15) is 18.0 Å². The van der Waals surface area contributed by atoms with E-state index >= 15 is 0 Å². The second kappa shape index (κ2) is 12.7. The molecular weight excluding hydrogens is 558 g/mol. The third-order valence-corrected chi connectivity index (χ3v) is 8.26. The summed E-state index contributed by atoms with van der Waals surface area (Å²) < 4.78 is 46.6. The first-order chi connectivity index (χ1) is 20.2. The van der Waals surface area contributed by atoms with Crippen molar-refractivity contribution in [2.45, 2.75) is 50.9 Å². The number of halogens is 3. The van der Waals surface area contributed by atoms with Crippen LogP contribution < -0.4 is 10.0 Å². The van der Waals surface area contributed by atoms with Crippen molar-refractivity contribution in [3.05, 3.63) is 107 Å². The second-order valence-electron chi connectivity index (χ2n) is 10.5.